The minimum atomic E-state index is 0.116. The summed E-state index contributed by atoms with van der Waals surface area (Å²) in [5.74, 6) is 1.37. The second-order valence-electron chi connectivity index (χ2n) is 5.88. The topological polar surface area (TPSA) is 17.1 Å². The predicted octanol–water partition coefficient (Wildman–Crippen LogP) is 5.11. The van der Waals surface area contributed by atoms with E-state index in [2.05, 4.69) is 19.1 Å². The van der Waals surface area contributed by atoms with E-state index in [-0.39, 0.29) is 5.92 Å². The molecule has 1 aliphatic rings. The van der Waals surface area contributed by atoms with Crippen molar-refractivity contribution in [2.24, 2.45) is 5.92 Å². The summed E-state index contributed by atoms with van der Waals surface area (Å²) in [6, 6.07) is 10.3. The predicted molar refractivity (Wildman–Crippen MR) is 80.3 cm³/mol. The van der Waals surface area contributed by atoms with E-state index >= 15 is 0 Å². The molecule has 0 N–H and O–H groups in total. The third kappa shape index (κ3) is 4.19. The Bertz CT molecular complexity index is 376. The molecule has 1 saturated carbocycles. The number of hydrogen-bond donors (Lipinski definition) is 0. The first-order valence-corrected chi connectivity index (χ1v) is 7.89. The zero-order chi connectivity index (χ0) is 13.5. The van der Waals surface area contributed by atoms with Gasteiger partial charge in [-0.1, -0.05) is 69.4 Å². The van der Waals surface area contributed by atoms with Crippen molar-refractivity contribution in [2.45, 2.75) is 64.2 Å². The van der Waals surface area contributed by atoms with Crippen LogP contribution < -0.4 is 0 Å². The average Bonchev–Trinajstić information content (AvgIpc) is 2.48. The maximum absolute atomic E-state index is 12.4. The Morgan fingerprint density at radius 1 is 1.16 bits per heavy atom. The van der Waals surface area contributed by atoms with E-state index in [1.165, 1.54) is 37.7 Å². The Morgan fingerprint density at radius 2 is 1.84 bits per heavy atom. The monoisotopic (exact) mass is 258 g/mol. The summed E-state index contributed by atoms with van der Waals surface area (Å²) in [5.41, 5.74) is 1.19. The highest BCUT2D eigenvalue weighted by atomic mass is 16.1. The van der Waals surface area contributed by atoms with Gasteiger partial charge in [0.1, 0.15) is 5.78 Å². The Labute approximate surface area is 117 Å². The lowest BCUT2D eigenvalue weighted by Crippen LogP contribution is -2.14. The van der Waals surface area contributed by atoms with E-state index in [9.17, 15) is 4.79 Å². The van der Waals surface area contributed by atoms with Gasteiger partial charge in [-0.05, 0) is 24.3 Å². The summed E-state index contributed by atoms with van der Waals surface area (Å²) in [6.07, 6.45) is 9.63. The van der Waals surface area contributed by atoms with Crippen molar-refractivity contribution in [3.8, 4) is 0 Å². The highest BCUT2D eigenvalue weighted by Crippen LogP contribution is 2.29. The fraction of sp³-hybridized carbons (Fsp3) is 0.611. The van der Waals surface area contributed by atoms with Crippen LogP contribution in [0.2, 0.25) is 0 Å². The smallest absolute Gasteiger partial charge is 0.140 e. The maximum Gasteiger partial charge on any atom is 0.140 e. The first-order chi connectivity index (χ1) is 9.31. The molecule has 0 heterocycles. The number of carbonyl (C=O) groups is 1. The van der Waals surface area contributed by atoms with E-state index in [1.807, 2.05) is 18.2 Å². The van der Waals surface area contributed by atoms with Gasteiger partial charge in [0.15, 0.2) is 0 Å². The molecular weight excluding hydrogens is 232 g/mol. The third-order valence-electron chi connectivity index (χ3n) is 4.52. The molecule has 2 rings (SSSR count). The van der Waals surface area contributed by atoms with Crippen LogP contribution in [0.1, 0.15) is 69.8 Å². The molecule has 0 amide bonds. The number of hydrogen-bond acceptors (Lipinski definition) is 1. The summed E-state index contributed by atoms with van der Waals surface area (Å²) >= 11 is 0. The third-order valence-corrected chi connectivity index (χ3v) is 4.52. The van der Waals surface area contributed by atoms with Crippen molar-refractivity contribution in [3.05, 3.63) is 35.9 Å². The molecule has 0 spiro atoms. The molecular formula is C18H26O. The highest BCUT2D eigenvalue weighted by molar-refractivity contribution is 5.85. The molecule has 19 heavy (non-hydrogen) atoms. The fourth-order valence-corrected chi connectivity index (χ4v) is 3.33. The van der Waals surface area contributed by atoms with Gasteiger partial charge in [0.05, 0.1) is 0 Å². The summed E-state index contributed by atoms with van der Waals surface area (Å²) in [5, 5.41) is 0. The lowest BCUT2D eigenvalue weighted by molar-refractivity contribution is -0.120. The van der Waals surface area contributed by atoms with Crippen LogP contribution in [0.3, 0.4) is 0 Å². The fourth-order valence-electron chi connectivity index (χ4n) is 3.33. The van der Waals surface area contributed by atoms with E-state index in [0.29, 0.717) is 5.78 Å². The summed E-state index contributed by atoms with van der Waals surface area (Å²) < 4.78 is 0. The summed E-state index contributed by atoms with van der Waals surface area (Å²) in [7, 11) is 0. The van der Waals surface area contributed by atoms with Gasteiger partial charge < -0.3 is 0 Å². The molecule has 0 aliphatic heterocycles. The Morgan fingerprint density at radius 3 is 2.47 bits per heavy atom. The second kappa shape index (κ2) is 7.47. The van der Waals surface area contributed by atoms with Crippen LogP contribution in [0.5, 0.6) is 0 Å². The van der Waals surface area contributed by atoms with Crippen molar-refractivity contribution in [1.29, 1.82) is 0 Å². The van der Waals surface area contributed by atoms with Crippen LogP contribution in [0.4, 0.5) is 0 Å². The molecule has 0 aromatic heterocycles. The zero-order valence-electron chi connectivity index (χ0n) is 12.1. The lowest BCUT2D eigenvalue weighted by Gasteiger charge is -2.22. The average molecular weight is 258 g/mol. The van der Waals surface area contributed by atoms with Crippen LogP contribution in [-0.2, 0) is 4.79 Å². The quantitative estimate of drug-likeness (QED) is 0.693. The van der Waals surface area contributed by atoms with Crippen LogP contribution in [0.25, 0.3) is 0 Å². The van der Waals surface area contributed by atoms with Crippen LogP contribution >= 0.6 is 0 Å². The van der Waals surface area contributed by atoms with Crippen LogP contribution in [0.15, 0.2) is 30.3 Å². The number of Topliss-reactive ketones (excluding diaryl/α,β-unsaturated/α-hetero) is 1. The SMILES string of the molecule is CCC(C(=O)CCC1CCCCC1)c1ccccc1. The molecule has 1 aromatic rings. The van der Waals surface area contributed by atoms with Gasteiger partial charge >= 0.3 is 0 Å². The summed E-state index contributed by atoms with van der Waals surface area (Å²) in [4.78, 5) is 12.4. The molecule has 1 fully saturated rings. The molecule has 1 aromatic carbocycles. The van der Waals surface area contributed by atoms with Gasteiger partial charge in [-0.15, -0.1) is 0 Å². The number of ketones is 1. The van der Waals surface area contributed by atoms with Crippen molar-refractivity contribution in [3.63, 3.8) is 0 Å². The number of carbonyl (C=O) groups excluding carboxylic acids is 1. The van der Waals surface area contributed by atoms with Crippen molar-refractivity contribution in [1.82, 2.24) is 0 Å². The van der Waals surface area contributed by atoms with E-state index in [4.69, 9.17) is 0 Å². The Kier molecular flexibility index (Phi) is 5.62. The van der Waals surface area contributed by atoms with E-state index in [0.717, 1.165) is 25.2 Å². The lowest BCUT2D eigenvalue weighted by atomic mass is 9.83. The van der Waals surface area contributed by atoms with Crippen molar-refractivity contribution in [2.75, 3.05) is 0 Å². The molecule has 1 unspecified atom stereocenters. The van der Waals surface area contributed by atoms with Crippen LogP contribution in [-0.4, -0.2) is 5.78 Å². The minimum absolute atomic E-state index is 0.116. The molecule has 0 radical (unpaired) electrons. The van der Waals surface area contributed by atoms with Gasteiger partial charge in [0, 0.05) is 12.3 Å². The van der Waals surface area contributed by atoms with Gasteiger partial charge in [-0.2, -0.15) is 0 Å². The molecule has 104 valence electrons. The normalized spacial score (nSPS) is 18.2. The molecule has 0 bridgehead atoms. The minimum Gasteiger partial charge on any atom is -0.299 e. The zero-order valence-corrected chi connectivity index (χ0v) is 12.1. The molecule has 1 atom stereocenters. The van der Waals surface area contributed by atoms with Crippen LogP contribution in [0, 0.1) is 5.92 Å². The first-order valence-electron chi connectivity index (χ1n) is 7.89. The second-order valence-corrected chi connectivity index (χ2v) is 5.88. The Hall–Kier alpha value is -1.11. The molecule has 1 aliphatic carbocycles. The molecule has 1 nitrogen and oxygen atoms in total. The maximum atomic E-state index is 12.4. The van der Waals surface area contributed by atoms with Gasteiger partial charge in [0.2, 0.25) is 0 Å². The van der Waals surface area contributed by atoms with Crippen molar-refractivity contribution >= 4 is 5.78 Å². The number of rotatable bonds is 6. The standard InChI is InChI=1S/C18H26O/c1-2-17(16-11-7-4-8-12-16)18(19)14-13-15-9-5-3-6-10-15/h4,7-8,11-12,15,17H,2-3,5-6,9-10,13-14H2,1H3. The van der Waals surface area contributed by atoms with E-state index in [1.54, 1.807) is 0 Å². The van der Waals surface area contributed by atoms with Crippen molar-refractivity contribution < 1.29 is 4.79 Å². The van der Waals surface area contributed by atoms with Gasteiger partial charge in [0.25, 0.3) is 0 Å². The summed E-state index contributed by atoms with van der Waals surface area (Å²) in [6.45, 7) is 2.12. The van der Waals surface area contributed by atoms with Gasteiger partial charge in [-0.25, -0.2) is 0 Å². The molecule has 0 saturated heterocycles. The largest absolute Gasteiger partial charge is 0.299 e. The first kappa shape index (κ1) is 14.3. The van der Waals surface area contributed by atoms with Gasteiger partial charge in [-0.3, -0.25) is 4.79 Å². The molecule has 1 heteroatoms. The van der Waals surface area contributed by atoms with E-state index < -0.39 is 0 Å². The highest BCUT2D eigenvalue weighted by Gasteiger charge is 2.20. The number of benzene rings is 1. The Balaban J connectivity index is 1.86.